The summed E-state index contributed by atoms with van der Waals surface area (Å²) in [5.74, 6) is 0. The van der Waals surface area contributed by atoms with Crippen molar-refractivity contribution in [1.29, 1.82) is 0 Å². The number of hydrogen-bond acceptors (Lipinski definition) is 2. The summed E-state index contributed by atoms with van der Waals surface area (Å²) >= 11 is 0. The molecule has 0 fully saturated rings. The van der Waals surface area contributed by atoms with Crippen molar-refractivity contribution >= 4 is 60.8 Å². The summed E-state index contributed by atoms with van der Waals surface area (Å²) in [7, 11) is 0. The van der Waals surface area contributed by atoms with Gasteiger partial charge in [-0.25, -0.2) is 0 Å². The van der Waals surface area contributed by atoms with Gasteiger partial charge in [0.15, 0.2) is 0 Å². The predicted molar refractivity (Wildman–Crippen MR) is 264 cm³/mol. The Morgan fingerprint density at radius 2 is 0.841 bits per heavy atom. The van der Waals surface area contributed by atoms with Crippen molar-refractivity contribution in [1.82, 2.24) is 4.57 Å². The van der Waals surface area contributed by atoms with Crippen LogP contribution in [0.4, 0.5) is 17.1 Å². The average molecular weight is 805 g/mol. The van der Waals surface area contributed by atoms with Gasteiger partial charge in [0.2, 0.25) is 0 Å². The van der Waals surface area contributed by atoms with Gasteiger partial charge in [0.1, 0.15) is 11.2 Å². The first-order valence-electron chi connectivity index (χ1n) is 21.5. The standard InChI is InChI=1S/C60H40N2O/c1-2-16-41(17-3-1)45-18-14-19-47(40-45)61(46-38-36-43(37-39-46)49-21-5-10-28-56(49)62-57-29-11-6-22-51(57)52-23-7-12-30-58(52)62)55-27-9-4-20-48(55)42-32-34-44(35-33-42)50-25-15-26-54-53-24-8-13-31-59(53)63-60(50)54/h1-40H. The monoisotopic (exact) mass is 804 g/mol. The molecule has 12 rings (SSSR count). The molecule has 0 radical (unpaired) electrons. The van der Waals surface area contributed by atoms with E-state index >= 15 is 0 Å². The van der Waals surface area contributed by atoms with Gasteiger partial charge < -0.3 is 13.9 Å². The summed E-state index contributed by atoms with van der Waals surface area (Å²) in [4.78, 5) is 2.40. The van der Waals surface area contributed by atoms with Crippen molar-refractivity contribution in [3.05, 3.63) is 243 Å². The van der Waals surface area contributed by atoms with Crippen molar-refractivity contribution in [3.8, 4) is 50.2 Å². The van der Waals surface area contributed by atoms with Gasteiger partial charge in [-0.15, -0.1) is 0 Å². The largest absolute Gasteiger partial charge is 0.455 e. The van der Waals surface area contributed by atoms with Crippen LogP contribution in [0.25, 0.3) is 93.9 Å². The fourth-order valence-corrected chi connectivity index (χ4v) is 9.48. The minimum absolute atomic E-state index is 0.905. The number of para-hydroxylation sites is 6. The third-order valence-corrected chi connectivity index (χ3v) is 12.4. The molecule has 3 heteroatoms. The number of benzene rings is 10. The highest BCUT2D eigenvalue weighted by atomic mass is 16.3. The second-order valence-electron chi connectivity index (χ2n) is 16.1. The van der Waals surface area contributed by atoms with Crippen LogP contribution in [0, 0.1) is 0 Å². The van der Waals surface area contributed by atoms with E-state index in [2.05, 4.69) is 240 Å². The Morgan fingerprint density at radius 1 is 0.317 bits per heavy atom. The molecule has 0 aliphatic rings. The van der Waals surface area contributed by atoms with Gasteiger partial charge in [0.25, 0.3) is 0 Å². The zero-order chi connectivity index (χ0) is 41.7. The van der Waals surface area contributed by atoms with Crippen LogP contribution in [0.15, 0.2) is 247 Å². The Labute approximate surface area is 366 Å². The molecule has 10 aromatic carbocycles. The Bertz CT molecular complexity index is 3560. The molecule has 0 unspecified atom stereocenters. The van der Waals surface area contributed by atoms with Crippen LogP contribution in [-0.4, -0.2) is 4.57 Å². The normalized spacial score (nSPS) is 11.5. The maximum absolute atomic E-state index is 6.43. The summed E-state index contributed by atoms with van der Waals surface area (Å²) in [6.45, 7) is 0. The van der Waals surface area contributed by atoms with E-state index in [1.54, 1.807) is 0 Å². The molecule has 0 saturated carbocycles. The van der Waals surface area contributed by atoms with Gasteiger partial charge >= 0.3 is 0 Å². The lowest BCUT2D eigenvalue weighted by atomic mass is 9.97. The predicted octanol–water partition coefficient (Wildman–Crippen LogP) is 16.8. The molecule has 2 heterocycles. The molecule has 0 spiro atoms. The van der Waals surface area contributed by atoms with Crippen LogP contribution in [-0.2, 0) is 0 Å². The Morgan fingerprint density at radius 3 is 1.60 bits per heavy atom. The molecule has 0 atom stereocenters. The molecule has 63 heavy (non-hydrogen) atoms. The van der Waals surface area contributed by atoms with Crippen LogP contribution in [0.1, 0.15) is 0 Å². The van der Waals surface area contributed by atoms with Gasteiger partial charge in [0.05, 0.1) is 22.4 Å². The van der Waals surface area contributed by atoms with E-state index < -0.39 is 0 Å². The molecule has 2 aromatic heterocycles. The molecule has 3 nitrogen and oxygen atoms in total. The van der Waals surface area contributed by atoms with E-state index in [-0.39, 0.29) is 0 Å². The maximum Gasteiger partial charge on any atom is 0.143 e. The SMILES string of the molecule is c1ccc(-c2cccc(N(c3ccc(-c4ccccc4-n4c5ccccc5c5ccccc54)cc3)c3ccccc3-c3ccc(-c4cccc5c4oc4ccccc45)cc3)c2)cc1. The third kappa shape index (κ3) is 6.29. The number of furan rings is 1. The van der Waals surface area contributed by atoms with Crippen molar-refractivity contribution in [3.63, 3.8) is 0 Å². The van der Waals surface area contributed by atoms with Crippen LogP contribution in [0.3, 0.4) is 0 Å². The smallest absolute Gasteiger partial charge is 0.143 e. The zero-order valence-corrected chi connectivity index (χ0v) is 34.4. The Hall–Kier alpha value is -8.40. The van der Waals surface area contributed by atoms with Crippen molar-refractivity contribution in [2.45, 2.75) is 0 Å². The van der Waals surface area contributed by atoms with Crippen LogP contribution < -0.4 is 4.90 Å². The Kier molecular flexibility index (Phi) is 8.83. The fourth-order valence-electron chi connectivity index (χ4n) is 9.48. The molecule has 0 N–H and O–H groups in total. The molecule has 0 saturated heterocycles. The highest BCUT2D eigenvalue weighted by Crippen LogP contribution is 2.44. The summed E-state index contributed by atoms with van der Waals surface area (Å²) in [5, 5.41) is 4.77. The highest BCUT2D eigenvalue weighted by Gasteiger charge is 2.20. The molecule has 0 aliphatic heterocycles. The molecular formula is C60H40N2O. The van der Waals surface area contributed by atoms with Gasteiger partial charge in [-0.05, 0) is 82.4 Å². The van der Waals surface area contributed by atoms with E-state index in [0.717, 1.165) is 78.1 Å². The lowest BCUT2D eigenvalue weighted by Crippen LogP contribution is -2.11. The number of nitrogens with zero attached hydrogens (tertiary/aromatic N) is 2. The molecule has 0 bridgehead atoms. The van der Waals surface area contributed by atoms with E-state index in [9.17, 15) is 0 Å². The number of aromatic nitrogens is 1. The highest BCUT2D eigenvalue weighted by molar-refractivity contribution is 6.11. The molecule has 296 valence electrons. The van der Waals surface area contributed by atoms with Crippen molar-refractivity contribution < 1.29 is 4.42 Å². The average Bonchev–Trinajstić information content (AvgIpc) is 3.91. The van der Waals surface area contributed by atoms with E-state index in [1.165, 1.54) is 32.9 Å². The number of hydrogen-bond donors (Lipinski definition) is 0. The van der Waals surface area contributed by atoms with Gasteiger partial charge in [-0.2, -0.15) is 0 Å². The molecular weight excluding hydrogens is 765 g/mol. The number of rotatable bonds is 8. The summed E-state index contributed by atoms with van der Waals surface area (Å²) in [5.41, 5.74) is 17.7. The topological polar surface area (TPSA) is 21.3 Å². The quantitative estimate of drug-likeness (QED) is 0.153. The second-order valence-corrected chi connectivity index (χ2v) is 16.1. The maximum atomic E-state index is 6.43. The summed E-state index contributed by atoms with van der Waals surface area (Å²) in [6.07, 6.45) is 0. The van der Waals surface area contributed by atoms with E-state index in [0.29, 0.717) is 0 Å². The fraction of sp³-hybridized carbons (Fsp3) is 0. The van der Waals surface area contributed by atoms with Crippen LogP contribution in [0.5, 0.6) is 0 Å². The first-order valence-corrected chi connectivity index (χ1v) is 21.5. The lowest BCUT2D eigenvalue weighted by molar-refractivity contribution is 0.670. The van der Waals surface area contributed by atoms with E-state index in [1.807, 2.05) is 12.1 Å². The number of fused-ring (bicyclic) bond motifs is 6. The Balaban J connectivity index is 0.972. The number of anilines is 3. The summed E-state index contributed by atoms with van der Waals surface area (Å²) < 4.78 is 8.84. The van der Waals surface area contributed by atoms with Gasteiger partial charge in [0, 0.05) is 49.6 Å². The first-order chi connectivity index (χ1) is 31.3. The van der Waals surface area contributed by atoms with Crippen LogP contribution >= 0.6 is 0 Å². The first kappa shape index (κ1) is 36.5. The second kappa shape index (κ2) is 15.3. The minimum Gasteiger partial charge on any atom is -0.455 e. The minimum atomic E-state index is 0.905. The van der Waals surface area contributed by atoms with Crippen molar-refractivity contribution in [2.24, 2.45) is 0 Å². The van der Waals surface area contributed by atoms with Gasteiger partial charge in [-0.1, -0.05) is 188 Å². The molecule has 0 amide bonds. The molecule has 12 aromatic rings. The van der Waals surface area contributed by atoms with Gasteiger partial charge in [-0.3, -0.25) is 0 Å². The lowest BCUT2D eigenvalue weighted by Gasteiger charge is -2.28. The molecule has 0 aliphatic carbocycles. The van der Waals surface area contributed by atoms with Crippen molar-refractivity contribution in [2.75, 3.05) is 4.90 Å². The summed E-state index contributed by atoms with van der Waals surface area (Å²) in [6, 6.07) is 87.1. The van der Waals surface area contributed by atoms with E-state index in [4.69, 9.17) is 4.42 Å². The van der Waals surface area contributed by atoms with Crippen LogP contribution in [0.2, 0.25) is 0 Å². The zero-order valence-electron chi connectivity index (χ0n) is 34.4. The third-order valence-electron chi connectivity index (χ3n) is 12.4.